The molecule has 0 radical (unpaired) electrons. The first-order valence-electron chi connectivity index (χ1n) is 18.3. The third-order valence-corrected chi connectivity index (χ3v) is 12.4. The molecule has 11 heteroatoms. The van der Waals surface area contributed by atoms with E-state index in [0.717, 1.165) is 24.4 Å². The van der Waals surface area contributed by atoms with E-state index in [2.05, 4.69) is 4.90 Å². The van der Waals surface area contributed by atoms with Crippen LogP contribution in [0, 0.1) is 23.7 Å². The SMILES string of the molecule is COc1ccc([C@H]2C3=CC[C@@H]4C(=O)N(c5ccc(N6CCOCC6)cc5)C(=O)[C@@H]4[C@@H]3C[C@H]3C(=O)N(c4cccc(Cl)c4)C(=O)[C@@]23c2ccccc2)cc1O. The second-order valence-electron chi connectivity index (χ2n) is 14.7. The quantitative estimate of drug-likeness (QED) is 0.182. The molecule has 1 saturated carbocycles. The van der Waals surface area contributed by atoms with Crippen molar-refractivity contribution in [2.45, 2.75) is 24.2 Å². The van der Waals surface area contributed by atoms with Crippen molar-refractivity contribution in [1.29, 1.82) is 0 Å². The van der Waals surface area contributed by atoms with Crippen molar-refractivity contribution in [2.75, 3.05) is 48.1 Å². The van der Waals surface area contributed by atoms with Crippen LogP contribution in [0.25, 0.3) is 0 Å². The molecule has 4 aromatic carbocycles. The molecule has 4 amide bonds. The molecule has 2 aliphatic carbocycles. The van der Waals surface area contributed by atoms with Gasteiger partial charge in [-0.15, -0.1) is 0 Å². The van der Waals surface area contributed by atoms with Crippen molar-refractivity contribution < 1.29 is 33.8 Å². The van der Waals surface area contributed by atoms with Gasteiger partial charge in [0.1, 0.15) is 0 Å². The van der Waals surface area contributed by atoms with Crippen molar-refractivity contribution >= 4 is 52.3 Å². The first-order valence-corrected chi connectivity index (χ1v) is 18.7. The highest BCUT2D eigenvalue weighted by molar-refractivity contribution is 6.32. The molecule has 0 bridgehead atoms. The molecule has 3 aliphatic heterocycles. The lowest BCUT2D eigenvalue weighted by molar-refractivity contribution is -0.127. The monoisotopic (exact) mass is 743 g/mol. The van der Waals surface area contributed by atoms with E-state index in [-0.39, 0.29) is 36.2 Å². The molecule has 3 saturated heterocycles. The fourth-order valence-electron chi connectivity index (χ4n) is 9.89. The number of allylic oxidation sites excluding steroid dienone is 2. The molecular weight excluding hydrogens is 706 g/mol. The zero-order valence-corrected chi connectivity index (χ0v) is 30.3. The number of phenolic OH excluding ortho intramolecular Hbond substituents is 1. The van der Waals surface area contributed by atoms with Crippen LogP contribution in [0.15, 0.2) is 109 Å². The van der Waals surface area contributed by atoms with Crippen molar-refractivity contribution in [1.82, 2.24) is 0 Å². The van der Waals surface area contributed by atoms with Crippen LogP contribution < -0.4 is 19.4 Å². The highest BCUT2D eigenvalue weighted by Crippen LogP contribution is 2.65. The molecule has 54 heavy (non-hydrogen) atoms. The van der Waals surface area contributed by atoms with Crippen molar-refractivity contribution in [3.63, 3.8) is 0 Å². The molecule has 3 heterocycles. The Morgan fingerprint density at radius 3 is 2.22 bits per heavy atom. The third kappa shape index (κ3) is 5.03. The number of anilines is 3. The standard InChI is InChI=1S/C43H38ClN3O7/c1-53-36-17-10-25(22-35(36)48)38-31-15-16-32-37(41(51)46(39(32)49)29-13-11-28(12-14-29)45-18-20-54-21-19-45)33(31)24-34-40(50)47(30-9-5-8-27(44)23-30)42(52)43(34,38)26-6-3-2-4-7-26/h2-15,17,22-23,32-34,37-38,48H,16,18-21,24H2,1H3/t32-,33+,34-,37-,38-,43+/m0/s1. The van der Waals surface area contributed by atoms with E-state index >= 15 is 4.79 Å². The normalized spacial score (nSPS) is 27.8. The second kappa shape index (κ2) is 13.1. The maximum absolute atomic E-state index is 15.4. The zero-order valence-electron chi connectivity index (χ0n) is 29.6. The minimum atomic E-state index is -1.45. The number of benzene rings is 4. The summed E-state index contributed by atoms with van der Waals surface area (Å²) in [6.45, 7) is 2.80. The summed E-state index contributed by atoms with van der Waals surface area (Å²) in [6.07, 6.45) is 2.47. The number of amides is 4. The largest absolute Gasteiger partial charge is 0.504 e. The topological polar surface area (TPSA) is 117 Å². The van der Waals surface area contributed by atoms with E-state index in [1.54, 1.807) is 36.4 Å². The number of morpholine rings is 1. The van der Waals surface area contributed by atoms with Crippen LogP contribution in [-0.2, 0) is 29.3 Å². The minimum absolute atomic E-state index is 0.117. The van der Waals surface area contributed by atoms with E-state index in [1.165, 1.54) is 16.9 Å². The third-order valence-electron chi connectivity index (χ3n) is 12.2. The number of aromatic hydroxyl groups is 1. The van der Waals surface area contributed by atoms with Gasteiger partial charge in [-0.2, -0.15) is 0 Å². The second-order valence-corrected chi connectivity index (χ2v) is 15.1. The van der Waals surface area contributed by atoms with E-state index in [4.69, 9.17) is 21.1 Å². The summed E-state index contributed by atoms with van der Waals surface area (Å²) < 4.78 is 10.9. The molecule has 9 rings (SSSR count). The fourth-order valence-corrected chi connectivity index (χ4v) is 10.1. The number of hydrogen-bond acceptors (Lipinski definition) is 8. The summed E-state index contributed by atoms with van der Waals surface area (Å²) in [5, 5.41) is 11.5. The van der Waals surface area contributed by atoms with Gasteiger partial charge < -0.3 is 19.5 Å². The number of hydrogen-bond donors (Lipinski definition) is 1. The first kappa shape index (κ1) is 34.3. The Labute approximate surface area is 317 Å². The van der Waals surface area contributed by atoms with Crippen molar-refractivity contribution in [3.8, 4) is 11.5 Å². The summed E-state index contributed by atoms with van der Waals surface area (Å²) in [6, 6.07) is 28.5. The van der Waals surface area contributed by atoms with Gasteiger partial charge in [0.05, 0.1) is 54.9 Å². The lowest BCUT2D eigenvalue weighted by atomic mass is 9.49. The number of halogens is 1. The molecule has 0 spiro atoms. The summed E-state index contributed by atoms with van der Waals surface area (Å²) in [7, 11) is 1.46. The molecule has 1 N–H and O–H groups in total. The minimum Gasteiger partial charge on any atom is -0.504 e. The first-order chi connectivity index (χ1) is 26.2. The highest BCUT2D eigenvalue weighted by Gasteiger charge is 2.70. The number of imide groups is 2. The number of carbonyl (C=O) groups excluding carboxylic acids is 4. The Balaban J connectivity index is 1.18. The predicted molar refractivity (Wildman–Crippen MR) is 203 cm³/mol. The van der Waals surface area contributed by atoms with Gasteiger partial charge >= 0.3 is 0 Å². The molecule has 10 nitrogen and oxygen atoms in total. The Morgan fingerprint density at radius 2 is 1.52 bits per heavy atom. The summed E-state index contributed by atoms with van der Waals surface area (Å²) >= 11 is 6.42. The van der Waals surface area contributed by atoms with Gasteiger partial charge in [-0.05, 0) is 84.5 Å². The lowest BCUT2D eigenvalue weighted by Crippen LogP contribution is -2.53. The summed E-state index contributed by atoms with van der Waals surface area (Å²) in [5.41, 5.74) is 2.45. The molecule has 4 fully saturated rings. The maximum Gasteiger partial charge on any atom is 0.246 e. The Hall–Kier alpha value is -5.45. The Kier molecular flexibility index (Phi) is 8.35. The smallest absolute Gasteiger partial charge is 0.246 e. The average Bonchev–Trinajstić information content (AvgIpc) is 3.59. The molecule has 5 aliphatic rings. The van der Waals surface area contributed by atoms with Gasteiger partial charge in [0, 0.05) is 29.7 Å². The number of ether oxygens (including phenoxy) is 2. The van der Waals surface area contributed by atoms with E-state index in [9.17, 15) is 19.5 Å². The van der Waals surface area contributed by atoms with Crippen molar-refractivity contribution in [2.24, 2.45) is 23.7 Å². The van der Waals surface area contributed by atoms with E-state index in [1.807, 2.05) is 66.7 Å². The van der Waals surface area contributed by atoms with Crippen LogP contribution in [0.3, 0.4) is 0 Å². The number of fused-ring (bicyclic) bond motifs is 4. The molecule has 4 aromatic rings. The summed E-state index contributed by atoms with van der Waals surface area (Å²) in [4.78, 5) is 64.0. The van der Waals surface area contributed by atoms with Gasteiger partial charge in [-0.25, -0.2) is 4.90 Å². The van der Waals surface area contributed by atoms with Gasteiger partial charge in [-0.3, -0.25) is 24.1 Å². The van der Waals surface area contributed by atoms with Crippen molar-refractivity contribution in [3.05, 3.63) is 125 Å². The van der Waals surface area contributed by atoms with Crippen LogP contribution in [0.4, 0.5) is 17.1 Å². The van der Waals surface area contributed by atoms with E-state index < -0.39 is 46.8 Å². The lowest BCUT2D eigenvalue weighted by Gasteiger charge is -2.50. The molecular formula is C43H38ClN3O7. The maximum atomic E-state index is 15.4. The molecule has 274 valence electrons. The fraction of sp³-hybridized carbons (Fsp3) is 0.302. The summed E-state index contributed by atoms with van der Waals surface area (Å²) in [5.74, 6) is -4.85. The van der Waals surface area contributed by atoms with Gasteiger partial charge in [-0.1, -0.05) is 65.7 Å². The highest BCUT2D eigenvalue weighted by atomic mass is 35.5. The zero-order chi connectivity index (χ0) is 37.3. The Morgan fingerprint density at radius 1 is 0.778 bits per heavy atom. The average molecular weight is 744 g/mol. The van der Waals surface area contributed by atoms with Crippen LogP contribution >= 0.6 is 11.6 Å². The number of carbonyl (C=O) groups is 4. The van der Waals surface area contributed by atoms with Crippen LogP contribution in [-0.4, -0.2) is 62.1 Å². The van der Waals surface area contributed by atoms with Crippen LogP contribution in [0.5, 0.6) is 11.5 Å². The molecule has 6 atom stereocenters. The van der Waals surface area contributed by atoms with Gasteiger partial charge in [0.2, 0.25) is 23.6 Å². The molecule has 0 aromatic heterocycles. The number of methoxy groups -OCH3 is 1. The van der Waals surface area contributed by atoms with Crippen LogP contribution in [0.1, 0.15) is 29.9 Å². The van der Waals surface area contributed by atoms with Gasteiger partial charge in [0.25, 0.3) is 0 Å². The van der Waals surface area contributed by atoms with Crippen LogP contribution in [0.2, 0.25) is 5.02 Å². The molecule has 0 unspecified atom stereocenters. The van der Waals surface area contributed by atoms with Gasteiger partial charge in [0.15, 0.2) is 11.5 Å². The Bertz CT molecular complexity index is 2220. The number of phenols is 1. The number of rotatable bonds is 6. The predicted octanol–water partition coefficient (Wildman–Crippen LogP) is 6.26. The number of nitrogens with zero attached hydrogens (tertiary/aromatic N) is 3. The van der Waals surface area contributed by atoms with E-state index in [0.29, 0.717) is 40.7 Å².